The van der Waals surface area contributed by atoms with Gasteiger partial charge in [0, 0.05) is 29.0 Å². The van der Waals surface area contributed by atoms with Crippen LogP contribution in [0.5, 0.6) is 5.75 Å². The van der Waals surface area contributed by atoms with Crippen LogP contribution in [0.4, 0.5) is 0 Å². The number of benzene rings is 1. The van der Waals surface area contributed by atoms with Crippen molar-refractivity contribution in [3.05, 3.63) is 58.5 Å². The minimum atomic E-state index is -0.517. The van der Waals surface area contributed by atoms with E-state index >= 15 is 0 Å². The topological polar surface area (TPSA) is 72.1 Å². The second-order valence-corrected chi connectivity index (χ2v) is 5.60. The van der Waals surface area contributed by atoms with Crippen LogP contribution in [0.25, 0.3) is 10.9 Å². The summed E-state index contributed by atoms with van der Waals surface area (Å²) in [5.74, 6) is -0.701. The zero-order valence-corrected chi connectivity index (χ0v) is 13.3. The maximum Gasteiger partial charge on any atom is 0.308 e. The molecule has 2 heterocycles. The first kappa shape index (κ1) is 15.2. The number of halogens is 1. The van der Waals surface area contributed by atoms with E-state index in [-0.39, 0.29) is 22.9 Å². The first-order valence-electron chi connectivity index (χ1n) is 6.92. The van der Waals surface area contributed by atoms with Crippen LogP contribution >= 0.6 is 11.6 Å². The zero-order valence-electron chi connectivity index (χ0n) is 12.5. The number of hydrogen-bond acceptors (Lipinski definition) is 4. The number of aromatic amines is 1. The first-order valence-corrected chi connectivity index (χ1v) is 7.30. The Labute approximate surface area is 137 Å². The van der Waals surface area contributed by atoms with Gasteiger partial charge in [0.25, 0.3) is 0 Å². The molecule has 0 atom stereocenters. The van der Waals surface area contributed by atoms with Crippen molar-refractivity contribution in [1.82, 2.24) is 9.97 Å². The molecule has 0 bridgehead atoms. The van der Waals surface area contributed by atoms with Gasteiger partial charge in [-0.25, -0.2) is 0 Å². The summed E-state index contributed by atoms with van der Waals surface area (Å²) in [7, 11) is 0. The van der Waals surface area contributed by atoms with Gasteiger partial charge >= 0.3 is 5.97 Å². The van der Waals surface area contributed by atoms with Gasteiger partial charge in [-0.05, 0) is 36.8 Å². The normalized spacial score (nSPS) is 10.7. The van der Waals surface area contributed by atoms with E-state index in [1.165, 1.54) is 6.92 Å². The van der Waals surface area contributed by atoms with Crippen molar-refractivity contribution < 1.29 is 14.3 Å². The summed E-state index contributed by atoms with van der Waals surface area (Å²) in [5.41, 5.74) is 2.04. The monoisotopic (exact) mass is 328 g/mol. The van der Waals surface area contributed by atoms with E-state index < -0.39 is 5.97 Å². The molecule has 0 unspecified atom stereocenters. The predicted molar refractivity (Wildman–Crippen MR) is 87.0 cm³/mol. The number of nitrogens with zero attached hydrogens (tertiary/aromatic N) is 1. The van der Waals surface area contributed by atoms with Crippen LogP contribution in [-0.2, 0) is 4.79 Å². The molecule has 2 aromatic heterocycles. The fraction of sp³-hybridized carbons (Fsp3) is 0.118. The highest BCUT2D eigenvalue weighted by Gasteiger charge is 2.22. The quantitative estimate of drug-likeness (QED) is 0.588. The lowest BCUT2D eigenvalue weighted by atomic mass is 10.1. The van der Waals surface area contributed by atoms with E-state index in [1.807, 2.05) is 6.92 Å². The smallest absolute Gasteiger partial charge is 0.308 e. The summed E-state index contributed by atoms with van der Waals surface area (Å²) in [6.45, 7) is 3.16. The fourth-order valence-corrected chi connectivity index (χ4v) is 2.45. The molecule has 3 aromatic rings. The van der Waals surface area contributed by atoms with E-state index in [1.54, 1.807) is 36.5 Å². The third-order valence-electron chi connectivity index (χ3n) is 3.33. The second-order valence-electron chi connectivity index (χ2n) is 5.16. The molecule has 1 N–H and O–H groups in total. The summed E-state index contributed by atoms with van der Waals surface area (Å²) >= 11 is 6.00. The van der Waals surface area contributed by atoms with Gasteiger partial charge in [-0.1, -0.05) is 17.7 Å². The molecule has 0 fully saturated rings. The molecule has 23 heavy (non-hydrogen) atoms. The van der Waals surface area contributed by atoms with Crippen molar-refractivity contribution in [3.8, 4) is 5.75 Å². The molecule has 0 spiro atoms. The SMILES string of the molecule is CC(=O)Oc1c(C(=O)c2ccc(C)cn2)[nH]c2ccc(Cl)cc12. The Balaban J connectivity index is 2.17. The zero-order chi connectivity index (χ0) is 16.6. The molecule has 0 aliphatic rings. The molecule has 3 rings (SSSR count). The third-order valence-corrected chi connectivity index (χ3v) is 3.56. The molecule has 0 radical (unpaired) electrons. The number of hydrogen-bond donors (Lipinski definition) is 1. The van der Waals surface area contributed by atoms with Gasteiger partial charge in [0.15, 0.2) is 5.75 Å². The molecule has 0 aliphatic carbocycles. The number of ketones is 1. The van der Waals surface area contributed by atoms with Gasteiger partial charge in [-0.2, -0.15) is 0 Å². The second kappa shape index (κ2) is 5.85. The lowest BCUT2D eigenvalue weighted by Gasteiger charge is -2.04. The first-order chi connectivity index (χ1) is 11.0. The van der Waals surface area contributed by atoms with Crippen molar-refractivity contribution in [2.75, 3.05) is 0 Å². The summed E-state index contributed by atoms with van der Waals surface area (Å²) in [4.78, 5) is 31.2. The summed E-state index contributed by atoms with van der Waals surface area (Å²) in [6.07, 6.45) is 1.61. The van der Waals surface area contributed by atoms with Crippen LogP contribution in [0.1, 0.15) is 28.7 Å². The molecule has 0 aliphatic heterocycles. The number of carbonyl (C=O) groups is 2. The Kier molecular flexibility index (Phi) is 3.88. The van der Waals surface area contributed by atoms with E-state index in [0.29, 0.717) is 15.9 Å². The Morgan fingerprint density at radius 3 is 2.65 bits per heavy atom. The van der Waals surface area contributed by atoms with Crippen molar-refractivity contribution in [1.29, 1.82) is 0 Å². The molecule has 0 saturated carbocycles. The Bertz CT molecular complexity index is 913. The summed E-state index contributed by atoms with van der Waals surface area (Å²) in [6, 6.07) is 8.49. The largest absolute Gasteiger partial charge is 0.424 e. The molecule has 0 amide bonds. The lowest BCUT2D eigenvalue weighted by molar-refractivity contribution is -0.131. The van der Waals surface area contributed by atoms with Gasteiger partial charge in [0.1, 0.15) is 11.4 Å². The Hall–Kier alpha value is -2.66. The molecule has 5 nitrogen and oxygen atoms in total. The predicted octanol–water partition coefficient (Wildman–Crippen LogP) is 3.68. The van der Waals surface area contributed by atoms with Crippen molar-refractivity contribution in [3.63, 3.8) is 0 Å². The van der Waals surface area contributed by atoms with Gasteiger partial charge in [-0.15, -0.1) is 0 Å². The average Bonchev–Trinajstić information content (AvgIpc) is 2.85. The molecule has 6 heteroatoms. The highest BCUT2D eigenvalue weighted by Crippen LogP contribution is 2.33. The van der Waals surface area contributed by atoms with Crippen LogP contribution in [0, 0.1) is 6.92 Å². The minimum absolute atomic E-state index is 0.169. The highest BCUT2D eigenvalue weighted by molar-refractivity contribution is 6.31. The van der Waals surface area contributed by atoms with Crippen LogP contribution in [-0.4, -0.2) is 21.7 Å². The van der Waals surface area contributed by atoms with Crippen LogP contribution in [0.15, 0.2) is 36.5 Å². The van der Waals surface area contributed by atoms with E-state index in [2.05, 4.69) is 9.97 Å². The number of H-pyrrole nitrogens is 1. The van der Waals surface area contributed by atoms with Crippen LogP contribution < -0.4 is 4.74 Å². The molecule has 0 saturated heterocycles. The number of carbonyl (C=O) groups excluding carboxylic acids is 2. The van der Waals surface area contributed by atoms with Gasteiger partial charge in [0.2, 0.25) is 5.78 Å². The maximum absolute atomic E-state index is 12.7. The number of ether oxygens (including phenoxy) is 1. The standard InChI is InChI=1S/C17H13ClN2O3/c1-9-3-5-14(19-8-9)16(22)15-17(23-10(2)21)12-7-11(18)4-6-13(12)20-15/h3-8,20H,1-2H3. The highest BCUT2D eigenvalue weighted by atomic mass is 35.5. The Morgan fingerprint density at radius 2 is 2.00 bits per heavy atom. The average molecular weight is 329 g/mol. The maximum atomic E-state index is 12.7. The number of aromatic nitrogens is 2. The van der Waals surface area contributed by atoms with Crippen LogP contribution in [0.2, 0.25) is 5.02 Å². The van der Waals surface area contributed by atoms with Gasteiger partial charge in [0.05, 0.1) is 0 Å². The Morgan fingerprint density at radius 1 is 1.22 bits per heavy atom. The van der Waals surface area contributed by atoms with Crippen LogP contribution in [0.3, 0.4) is 0 Å². The molecular weight excluding hydrogens is 316 g/mol. The number of aryl methyl sites for hydroxylation is 1. The van der Waals surface area contributed by atoms with E-state index in [0.717, 1.165) is 5.56 Å². The van der Waals surface area contributed by atoms with Crippen molar-refractivity contribution in [2.24, 2.45) is 0 Å². The number of pyridine rings is 1. The summed E-state index contributed by atoms with van der Waals surface area (Å²) < 4.78 is 5.24. The fourth-order valence-electron chi connectivity index (χ4n) is 2.28. The number of esters is 1. The molecule has 116 valence electrons. The molecular formula is C17H13ClN2O3. The van der Waals surface area contributed by atoms with E-state index in [9.17, 15) is 9.59 Å². The third kappa shape index (κ3) is 2.96. The number of fused-ring (bicyclic) bond motifs is 1. The number of nitrogens with one attached hydrogen (secondary N) is 1. The van der Waals surface area contributed by atoms with Crippen molar-refractivity contribution in [2.45, 2.75) is 13.8 Å². The van der Waals surface area contributed by atoms with Gasteiger partial charge in [-0.3, -0.25) is 14.6 Å². The number of rotatable bonds is 3. The van der Waals surface area contributed by atoms with E-state index in [4.69, 9.17) is 16.3 Å². The summed E-state index contributed by atoms with van der Waals surface area (Å²) in [5, 5.41) is 1.06. The van der Waals surface area contributed by atoms with Crippen molar-refractivity contribution >= 4 is 34.3 Å². The van der Waals surface area contributed by atoms with Gasteiger partial charge < -0.3 is 9.72 Å². The molecule has 1 aromatic carbocycles. The minimum Gasteiger partial charge on any atom is -0.424 e. The lowest BCUT2D eigenvalue weighted by Crippen LogP contribution is -2.09.